The van der Waals surface area contributed by atoms with E-state index in [4.69, 9.17) is 5.73 Å². The van der Waals surface area contributed by atoms with Crippen LogP contribution in [0.4, 0.5) is 26.2 Å². The lowest BCUT2D eigenvalue weighted by Crippen LogP contribution is -2.37. The average molecular weight is 496 g/mol. The molecule has 2 aromatic carbocycles. The smallest absolute Gasteiger partial charge is 0.273 e. The van der Waals surface area contributed by atoms with Gasteiger partial charge in [0.15, 0.2) is 23.1 Å². The van der Waals surface area contributed by atoms with Gasteiger partial charge in [-0.3, -0.25) is 9.59 Å². The van der Waals surface area contributed by atoms with E-state index < -0.39 is 17.5 Å². The molecule has 188 valence electrons. The number of piperidine rings is 1. The summed E-state index contributed by atoms with van der Waals surface area (Å²) in [5, 5.41) is 13.5. The van der Waals surface area contributed by atoms with Gasteiger partial charge in [0.1, 0.15) is 0 Å². The highest BCUT2D eigenvalue weighted by molar-refractivity contribution is 5.95. The van der Waals surface area contributed by atoms with Crippen molar-refractivity contribution < 1.29 is 18.4 Å². The van der Waals surface area contributed by atoms with E-state index in [0.29, 0.717) is 18.0 Å². The summed E-state index contributed by atoms with van der Waals surface area (Å²) in [6.45, 7) is 3.26. The minimum atomic E-state index is -0.992. The van der Waals surface area contributed by atoms with Crippen molar-refractivity contribution in [1.82, 2.24) is 20.1 Å². The van der Waals surface area contributed by atoms with Crippen LogP contribution in [0, 0.1) is 11.6 Å². The molecule has 2 heterocycles. The maximum absolute atomic E-state index is 14.0. The van der Waals surface area contributed by atoms with Crippen LogP contribution in [0.15, 0.2) is 42.5 Å². The first kappa shape index (κ1) is 25.0. The Balaban J connectivity index is 1.43. The number of nitrogens with one attached hydrogen (secondary N) is 2. The molecular weight excluding hydrogens is 468 g/mol. The third-order valence-electron chi connectivity index (χ3n) is 6.19. The Morgan fingerprint density at radius 3 is 2.47 bits per heavy atom. The molecule has 0 radical (unpaired) electrons. The van der Waals surface area contributed by atoms with Gasteiger partial charge in [-0.15, -0.1) is 10.2 Å². The van der Waals surface area contributed by atoms with Gasteiger partial charge in [-0.05, 0) is 42.5 Å². The van der Waals surface area contributed by atoms with Crippen LogP contribution in [0.3, 0.4) is 0 Å². The molecule has 0 spiro atoms. The molecule has 0 aliphatic carbocycles. The first-order valence-electron chi connectivity index (χ1n) is 11.7. The van der Waals surface area contributed by atoms with Crippen LogP contribution in [-0.4, -0.2) is 45.0 Å². The second-order valence-electron chi connectivity index (χ2n) is 8.52. The lowest BCUT2D eigenvalue weighted by Gasteiger charge is -2.32. The maximum atomic E-state index is 14.0. The number of carbonyl (C=O) groups excluding carboxylic acids is 2. The van der Waals surface area contributed by atoms with Gasteiger partial charge >= 0.3 is 0 Å². The third kappa shape index (κ3) is 5.73. The number of halogens is 2. The Morgan fingerprint density at radius 2 is 1.81 bits per heavy atom. The number of anilines is 3. The summed E-state index contributed by atoms with van der Waals surface area (Å²) in [5.41, 5.74) is 7.08. The fourth-order valence-corrected chi connectivity index (χ4v) is 4.19. The number of hydrogen-bond acceptors (Lipinski definition) is 7. The minimum Gasteiger partial charge on any atom is -0.364 e. The molecule has 11 heteroatoms. The monoisotopic (exact) mass is 495 g/mol. The Labute approximate surface area is 207 Å². The van der Waals surface area contributed by atoms with E-state index in [9.17, 15) is 18.4 Å². The molecule has 4 rings (SSSR count). The van der Waals surface area contributed by atoms with E-state index in [-0.39, 0.29) is 35.5 Å². The lowest BCUT2D eigenvalue weighted by atomic mass is 9.89. The number of amides is 2. The SMILES string of the molecule is CCC(=O)N1CCC(c2ccc(Nc3nnc(C(N)=O)c(NCc4cccc(F)c4F)n3)cc2)CC1. The third-order valence-corrected chi connectivity index (χ3v) is 6.19. The number of likely N-dealkylation sites (tertiary alicyclic amines) is 1. The Kier molecular flexibility index (Phi) is 7.67. The maximum Gasteiger partial charge on any atom is 0.273 e. The average Bonchev–Trinajstić information content (AvgIpc) is 2.89. The van der Waals surface area contributed by atoms with Crippen molar-refractivity contribution in [1.29, 1.82) is 0 Å². The topological polar surface area (TPSA) is 126 Å². The zero-order valence-corrected chi connectivity index (χ0v) is 19.8. The fourth-order valence-electron chi connectivity index (χ4n) is 4.19. The van der Waals surface area contributed by atoms with Crippen molar-refractivity contribution in [2.45, 2.75) is 38.6 Å². The van der Waals surface area contributed by atoms with E-state index in [0.717, 1.165) is 32.0 Å². The molecule has 1 saturated heterocycles. The van der Waals surface area contributed by atoms with Crippen LogP contribution < -0.4 is 16.4 Å². The van der Waals surface area contributed by atoms with Gasteiger partial charge in [-0.2, -0.15) is 4.98 Å². The predicted molar refractivity (Wildman–Crippen MR) is 131 cm³/mol. The van der Waals surface area contributed by atoms with E-state index in [1.54, 1.807) is 0 Å². The van der Waals surface area contributed by atoms with Crippen molar-refractivity contribution in [2.24, 2.45) is 5.73 Å². The van der Waals surface area contributed by atoms with Gasteiger partial charge < -0.3 is 21.3 Å². The largest absolute Gasteiger partial charge is 0.364 e. The fraction of sp³-hybridized carbons (Fsp3) is 0.320. The second kappa shape index (κ2) is 11.1. The normalized spacial score (nSPS) is 13.9. The number of rotatable bonds is 8. The number of benzene rings is 2. The highest BCUT2D eigenvalue weighted by atomic mass is 19.2. The molecule has 3 aromatic rings. The highest BCUT2D eigenvalue weighted by Gasteiger charge is 2.23. The van der Waals surface area contributed by atoms with E-state index in [1.807, 2.05) is 36.1 Å². The molecule has 0 atom stereocenters. The van der Waals surface area contributed by atoms with Crippen LogP contribution in [0.5, 0.6) is 0 Å². The van der Waals surface area contributed by atoms with E-state index in [2.05, 4.69) is 25.8 Å². The molecule has 0 saturated carbocycles. The summed E-state index contributed by atoms with van der Waals surface area (Å²) in [4.78, 5) is 29.8. The molecule has 2 amide bonds. The number of primary amides is 1. The van der Waals surface area contributed by atoms with Crippen molar-refractivity contribution in [3.8, 4) is 0 Å². The summed E-state index contributed by atoms with van der Waals surface area (Å²) >= 11 is 0. The number of aromatic nitrogens is 3. The Morgan fingerprint density at radius 1 is 1.08 bits per heavy atom. The van der Waals surface area contributed by atoms with Gasteiger partial charge in [-0.1, -0.05) is 31.2 Å². The first-order valence-corrected chi connectivity index (χ1v) is 11.7. The van der Waals surface area contributed by atoms with Crippen molar-refractivity contribution in [2.75, 3.05) is 23.7 Å². The standard InChI is InChI=1S/C25H27F2N7O2/c1-2-20(35)34-12-10-16(11-13-34)15-6-8-18(9-7-15)30-25-31-24(22(23(28)36)32-33-25)29-14-17-4-3-5-19(26)21(17)27/h3-9,16H,2,10-14H2,1H3,(H2,28,36)(H2,29,30,31,33). The number of nitrogens with two attached hydrogens (primary N) is 1. The lowest BCUT2D eigenvalue weighted by molar-refractivity contribution is -0.131. The van der Waals surface area contributed by atoms with Crippen LogP contribution in [0.25, 0.3) is 0 Å². The van der Waals surface area contributed by atoms with Crippen LogP contribution in [-0.2, 0) is 11.3 Å². The van der Waals surface area contributed by atoms with Crippen molar-refractivity contribution in [3.63, 3.8) is 0 Å². The summed E-state index contributed by atoms with van der Waals surface area (Å²) in [6.07, 6.45) is 2.36. The van der Waals surface area contributed by atoms with Gasteiger partial charge in [0, 0.05) is 37.3 Å². The Bertz CT molecular complexity index is 1250. The minimum absolute atomic E-state index is 0.00586. The highest BCUT2D eigenvalue weighted by Crippen LogP contribution is 2.29. The summed E-state index contributed by atoms with van der Waals surface area (Å²) < 4.78 is 27.5. The molecule has 1 aliphatic heterocycles. The number of nitrogens with zero attached hydrogens (tertiary/aromatic N) is 4. The second-order valence-corrected chi connectivity index (χ2v) is 8.52. The molecule has 36 heavy (non-hydrogen) atoms. The molecule has 0 bridgehead atoms. The van der Waals surface area contributed by atoms with Crippen molar-refractivity contribution >= 4 is 29.3 Å². The Hall–Kier alpha value is -4.15. The van der Waals surface area contributed by atoms with Crippen LogP contribution >= 0.6 is 0 Å². The summed E-state index contributed by atoms with van der Waals surface area (Å²) in [5.74, 6) is -2.16. The molecule has 1 aromatic heterocycles. The zero-order valence-electron chi connectivity index (χ0n) is 19.8. The predicted octanol–water partition coefficient (Wildman–Crippen LogP) is 3.72. The van der Waals surface area contributed by atoms with E-state index in [1.165, 1.54) is 17.7 Å². The molecule has 1 aliphatic rings. The number of carbonyl (C=O) groups is 2. The summed E-state index contributed by atoms with van der Waals surface area (Å²) in [6, 6.07) is 11.6. The quantitative estimate of drug-likeness (QED) is 0.435. The molecular formula is C25H27F2N7O2. The van der Waals surface area contributed by atoms with Gasteiger partial charge in [0.25, 0.3) is 5.91 Å². The summed E-state index contributed by atoms with van der Waals surface area (Å²) in [7, 11) is 0. The molecule has 0 unspecified atom stereocenters. The number of hydrogen-bond donors (Lipinski definition) is 3. The van der Waals surface area contributed by atoms with E-state index >= 15 is 0 Å². The zero-order chi connectivity index (χ0) is 25.7. The van der Waals surface area contributed by atoms with Gasteiger partial charge in [0.2, 0.25) is 11.9 Å². The van der Waals surface area contributed by atoms with Crippen molar-refractivity contribution in [3.05, 3.63) is 70.9 Å². The van der Waals surface area contributed by atoms with Gasteiger partial charge in [0.05, 0.1) is 0 Å². The molecule has 9 nitrogen and oxygen atoms in total. The van der Waals surface area contributed by atoms with Gasteiger partial charge in [-0.25, -0.2) is 8.78 Å². The molecule has 4 N–H and O–H groups in total. The van der Waals surface area contributed by atoms with Crippen LogP contribution in [0.2, 0.25) is 0 Å². The van der Waals surface area contributed by atoms with Crippen LogP contribution in [0.1, 0.15) is 53.7 Å². The first-order chi connectivity index (χ1) is 17.4. The molecule has 1 fully saturated rings.